The average molecular weight is 495 g/mol. The van der Waals surface area contributed by atoms with Gasteiger partial charge in [-0.05, 0) is 78.6 Å². The molecule has 1 aliphatic rings. The molecule has 0 aromatic heterocycles. The quantitative estimate of drug-likeness (QED) is 0.412. The van der Waals surface area contributed by atoms with Crippen molar-refractivity contribution in [3.63, 3.8) is 0 Å². The number of aryl methyl sites for hydroxylation is 2. The molecule has 7 heteroatoms. The van der Waals surface area contributed by atoms with Crippen molar-refractivity contribution in [2.75, 3.05) is 19.9 Å². The first-order valence-corrected chi connectivity index (χ1v) is 11.7. The predicted molar refractivity (Wildman–Crippen MR) is 135 cm³/mol. The van der Waals surface area contributed by atoms with E-state index in [0.29, 0.717) is 29.3 Å². The SMILES string of the molecule is Cc1ccc(CN2COCC(CN)=C(C(F)(F)F)C=C2c2ccc(Oc3ccccc3)cc2)c(C)c1. The van der Waals surface area contributed by atoms with Gasteiger partial charge in [0.15, 0.2) is 0 Å². The van der Waals surface area contributed by atoms with E-state index in [4.69, 9.17) is 15.2 Å². The highest BCUT2D eigenvalue weighted by atomic mass is 19.4. The van der Waals surface area contributed by atoms with Crippen molar-refractivity contribution in [1.82, 2.24) is 4.90 Å². The minimum Gasteiger partial charge on any atom is -0.457 e. The Hall–Kier alpha value is -3.55. The van der Waals surface area contributed by atoms with E-state index in [2.05, 4.69) is 6.07 Å². The maximum atomic E-state index is 14.1. The standard InChI is InChI=1S/C29H29F3N2O2/c1-20-8-9-23(21(2)14-20)17-34-19-35-18-24(16-33)27(29(30,31)32)15-28(34)22-10-12-26(13-11-22)36-25-6-4-3-5-7-25/h3-15H,16-19,33H2,1-2H3. The third kappa shape index (κ3) is 6.17. The topological polar surface area (TPSA) is 47.7 Å². The van der Waals surface area contributed by atoms with Gasteiger partial charge in [0, 0.05) is 18.8 Å². The van der Waals surface area contributed by atoms with E-state index >= 15 is 0 Å². The first-order valence-electron chi connectivity index (χ1n) is 11.7. The van der Waals surface area contributed by atoms with Gasteiger partial charge >= 0.3 is 6.18 Å². The predicted octanol–water partition coefficient (Wildman–Crippen LogP) is 6.74. The Morgan fingerprint density at radius 3 is 2.28 bits per heavy atom. The fraction of sp³-hybridized carbons (Fsp3) is 0.241. The number of alkyl halides is 3. The van der Waals surface area contributed by atoms with Crippen LogP contribution in [0.4, 0.5) is 13.2 Å². The third-order valence-electron chi connectivity index (χ3n) is 6.07. The van der Waals surface area contributed by atoms with Crippen LogP contribution < -0.4 is 10.5 Å². The fourth-order valence-electron chi connectivity index (χ4n) is 4.15. The zero-order valence-corrected chi connectivity index (χ0v) is 20.3. The molecule has 1 aliphatic heterocycles. The van der Waals surface area contributed by atoms with Gasteiger partial charge < -0.3 is 20.1 Å². The summed E-state index contributed by atoms with van der Waals surface area (Å²) in [4.78, 5) is 1.82. The number of hydrogen-bond donors (Lipinski definition) is 1. The molecule has 4 nitrogen and oxygen atoms in total. The van der Waals surface area contributed by atoms with Gasteiger partial charge in [-0.1, -0.05) is 42.0 Å². The van der Waals surface area contributed by atoms with Crippen LogP contribution >= 0.6 is 0 Å². The van der Waals surface area contributed by atoms with Gasteiger partial charge in [0.25, 0.3) is 0 Å². The van der Waals surface area contributed by atoms with Crippen molar-refractivity contribution in [3.05, 3.63) is 112 Å². The second-order valence-corrected chi connectivity index (χ2v) is 8.79. The van der Waals surface area contributed by atoms with Gasteiger partial charge in [-0.15, -0.1) is 0 Å². The largest absolute Gasteiger partial charge is 0.457 e. The van der Waals surface area contributed by atoms with Gasteiger partial charge in [-0.2, -0.15) is 13.2 Å². The van der Waals surface area contributed by atoms with Crippen molar-refractivity contribution in [3.8, 4) is 11.5 Å². The monoisotopic (exact) mass is 494 g/mol. The third-order valence-corrected chi connectivity index (χ3v) is 6.07. The first kappa shape index (κ1) is 25.5. The molecule has 0 radical (unpaired) electrons. The van der Waals surface area contributed by atoms with E-state index in [0.717, 1.165) is 16.7 Å². The number of benzene rings is 3. The van der Waals surface area contributed by atoms with Crippen LogP contribution in [0.25, 0.3) is 5.70 Å². The normalized spacial score (nSPS) is 14.8. The van der Waals surface area contributed by atoms with Crippen LogP contribution in [0, 0.1) is 13.8 Å². The van der Waals surface area contributed by atoms with E-state index in [1.807, 2.05) is 61.2 Å². The first-order chi connectivity index (χ1) is 17.2. The smallest absolute Gasteiger partial charge is 0.416 e. The summed E-state index contributed by atoms with van der Waals surface area (Å²) in [5.74, 6) is 1.26. The fourth-order valence-corrected chi connectivity index (χ4v) is 4.15. The maximum Gasteiger partial charge on any atom is 0.416 e. The highest BCUT2D eigenvalue weighted by Gasteiger charge is 2.36. The summed E-state index contributed by atoms with van der Waals surface area (Å²) in [7, 11) is 0. The van der Waals surface area contributed by atoms with E-state index in [1.54, 1.807) is 24.3 Å². The molecule has 36 heavy (non-hydrogen) atoms. The molecule has 0 amide bonds. The van der Waals surface area contributed by atoms with Crippen LogP contribution in [0.5, 0.6) is 11.5 Å². The summed E-state index contributed by atoms with van der Waals surface area (Å²) >= 11 is 0. The van der Waals surface area contributed by atoms with Gasteiger partial charge in [0.2, 0.25) is 0 Å². The van der Waals surface area contributed by atoms with E-state index in [1.165, 1.54) is 6.08 Å². The molecule has 0 saturated heterocycles. The zero-order chi connectivity index (χ0) is 25.7. The Labute approximate surface area is 209 Å². The summed E-state index contributed by atoms with van der Waals surface area (Å²) in [6.45, 7) is 4.11. The molecule has 0 spiro atoms. The molecule has 0 unspecified atom stereocenters. The second kappa shape index (κ2) is 11.0. The Kier molecular flexibility index (Phi) is 7.82. The Bertz CT molecular complexity index is 1250. The maximum absolute atomic E-state index is 14.1. The van der Waals surface area contributed by atoms with Crippen LogP contribution in [0.2, 0.25) is 0 Å². The van der Waals surface area contributed by atoms with Crippen molar-refractivity contribution in [2.24, 2.45) is 5.73 Å². The molecule has 4 rings (SSSR count). The minimum absolute atomic E-state index is 0.0233. The molecule has 0 saturated carbocycles. The number of hydrogen-bond acceptors (Lipinski definition) is 4. The van der Waals surface area contributed by atoms with Crippen molar-refractivity contribution < 1.29 is 22.6 Å². The van der Waals surface area contributed by atoms with Crippen molar-refractivity contribution >= 4 is 5.70 Å². The Balaban J connectivity index is 1.75. The lowest BCUT2D eigenvalue weighted by molar-refractivity contribution is -0.0902. The summed E-state index contributed by atoms with van der Waals surface area (Å²) in [5, 5.41) is 0. The number of allylic oxidation sites excluding steroid dienone is 2. The highest BCUT2D eigenvalue weighted by molar-refractivity contribution is 5.68. The van der Waals surface area contributed by atoms with Gasteiger partial charge in [-0.25, -0.2) is 0 Å². The van der Waals surface area contributed by atoms with E-state index < -0.39 is 11.7 Å². The van der Waals surface area contributed by atoms with Crippen LogP contribution in [-0.4, -0.2) is 31.0 Å². The Morgan fingerprint density at radius 1 is 0.944 bits per heavy atom. The van der Waals surface area contributed by atoms with Crippen LogP contribution in [0.1, 0.15) is 22.3 Å². The number of nitrogens with two attached hydrogens (primary N) is 1. The highest BCUT2D eigenvalue weighted by Crippen LogP contribution is 2.35. The lowest BCUT2D eigenvalue weighted by atomic mass is 10.0. The molecule has 0 atom stereocenters. The number of nitrogens with zero attached hydrogens (tertiary/aromatic N) is 1. The van der Waals surface area contributed by atoms with Gasteiger partial charge in [0.1, 0.15) is 18.2 Å². The molecule has 3 aromatic rings. The molecular weight excluding hydrogens is 465 g/mol. The molecular formula is C29H29F3N2O2. The summed E-state index contributed by atoms with van der Waals surface area (Å²) in [6.07, 6.45) is -3.37. The second-order valence-electron chi connectivity index (χ2n) is 8.79. The molecule has 0 fully saturated rings. The molecule has 0 bridgehead atoms. The molecule has 188 valence electrons. The number of halogens is 3. The molecule has 1 heterocycles. The zero-order valence-electron chi connectivity index (χ0n) is 20.3. The lowest BCUT2D eigenvalue weighted by Crippen LogP contribution is -2.30. The van der Waals surface area contributed by atoms with E-state index in [9.17, 15) is 13.2 Å². The molecule has 2 N–H and O–H groups in total. The number of rotatable bonds is 6. The van der Waals surface area contributed by atoms with Crippen LogP contribution in [0.15, 0.2) is 90.0 Å². The number of ether oxygens (including phenoxy) is 2. The number of para-hydroxylation sites is 1. The van der Waals surface area contributed by atoms with Crippen LogP contribution in [0.3, 0.4) is 0 Å². The minimum atomic E-state index is -4.57. The molecule has 0 aliphatic carbocycles. The Morgan fingerprint density at radius 2 is 1.64 bits per heavy atom. The van der Waals surface area contributed by atoms with Gasteiger partial charge in [0.05, 0.1) is 12.2 Å². The summed E-state index contributed by atoms with van der Waals surface area (Å²) in [5.41, 5.74) is 9.16. The lowest BCUT2D eigenvalue weighted by Gasteiger charge is -2.31. The van der Waals surface area contributed by atoms with Gasteiger partial charge in [-0.3, -0.25) is 0 Å². The van der Waals surface area contributed by atoms with Crippen molar-refractivity contribution in [2.45, 2.75) is 26.6 Å². The average Bonchev–Trinajstić information content (AvgIpc) is 2.83. The van der Waals surface area contributed by atoms with Crippen molar-refractivity contribution in [1.29, 1.82) is 0 Å². The summed E-state index contributed by atoms with van der Waals surface area (Å²) in [6, 6.07) is 22.4. The summed E-state index contributed by atoms with van der Waals surface area (Å²) < 4.78 is 53.9. The van der Waals surface area contributed by atoms with E-state index in [-0.39, 0.29) is 25.5 Å². The molecule has 3 aromatic carbocycles. The van der Waals surface area contributed by atoms with Crippen LogP contribution in [-0.2, 0) is 11.3 Å².